The summed E-state index contributed by atoms with van der Waals surface area (Å²) in [6, 6.07) is 20.3. The van der Waals surface area contributed by atoms with E-state index < -0.39 is 0 Å². The topological polar surface area (TPSA) is 56.8 Å². The van der Waals surface area contributed by atoms with Gasteiger partial charge in [-0.2, -0.15) is 0 Å². The molecular weight excluding hydrogens is 378 g/mol. The lowest BCUT2D eigenvalue weighted by Gasteiger charge is -2.12. The summed E-state index contributed by atoms with van der Waals surface area (Å²) in [4.78, 5) is 12.6. The van der Waals surface area contributed by atoms with Crippen LogP contribution in [0.4, 0.5) is 5.69 Å². The van der Waals surface area contributed by atoms with Gasteiger partial charge in [0.05, 0.1) is 13.7 Å². The van der Waals surface area contributed by atoms with Gasteiger partial charge in [0, 0.05) is 11.3 Å². The minimum atomic E-state index is -0.221. The molecule has 0 heterocycles. The Morgan fingerprint density at radius 2 is 1.70 bits per heavy atom. The molecule has 0 saturated carbocycles. The van der Waals surface area contributed by atoms with Gasteiger partial charge in [-0.25, -0.2) is 0 Å². The smallest absolute Gasteiger partial charge is 0.255 e. The van der Waals surface area contributed by atoms with Gasteiger partial charge in [0.25, 0.3) is 5.91 Å². The minimum Gasteiger partial charge on any atom is -0.493 e. The van der Waals surface area contributed by atoms with E-state index in [-0.39, 0.29) is 5.91 Å². The Balaban J connectivity index is 1.64. The number of para-hydroxylation sites is 1. The van der Waals surface area contributed by atoms with E-state index in [0.29, 0.717) is 35.1 Å². The normalized spacial score (nSPS) is 10.4. The van der Waals surface area contributed by atoms with Crippen molar-refractivity contribution < 1.29 is 19.0 Å². The van der Waals surface area contributed by atoms with Crippen LogP contribution in [-0.4, -0.2) is 19.6 Å². The zero-order valence-electron chi connectivity index (χ0n) is 17.6. The van der Waals surface area contributed by atoms with Gasteiger partial charge in [-0.15, -0.1) is 0 Å². The molecule has 0 atom stereocenters. The van der Waals surface area contributed by atoms with Crippen LogP contribution < -0.4 is 19.5 Å². The standard InChI is InChI=1S/C25H27NO4/c1-4-5-16-29-23-15-10-19(17-24(23)28-3)25(27)26-20-11-13-21(14-12-20)30-22-9-7-6-8-18(22)2/h6-15,17H,4-5,16H2,1-3H3,(H,26,27). The fourth-order valence-electron chi connectivity index (χ4n) is 2.86. The molecule has 0 radical (unpaired) electrons. The van der Waals surface area contributed by atoms with Crippen LogP contribution >= 0.6 is 0 Å². The van der Waals surface area contributed by atoms with Crippen LogP contribution in [0.5, 0.6) is 23.0 Å². The van der Waals surface area contributed by atoms with Crippen molar-refractivity contribution in [2.45, 2.75) is 26.7 Å². The Morgan fingerprint density at radius 3 is 2.40 bits per heavy atom. The van der Waals surface area contributed by atoms with E-state index in [2.05, 4.69) is 12.2 Å². The molecular formula is C25H27NO4. The highest BCUT2D eigenvalue weighted by atomic mass is 16.5. The van der Waals surface area contributed by atoms with Crippen LogP contribution in [-0.2, 0) is 0 Å². The second kappa shape index (κ2) is 10.3. The molecule has 5 nitrogen and oxygen atoms in total. The van der Waals surface area contributed by atoms with E-state index in [1.54, 1.807) is 25.3 Å². The minimum absolute atomic E-state index is 0.221. The van der Waals surface area contributed by atoms with Crippen molar-refractivity contribution in [1.29, 1.82) is 0 Å². The number of hydrogen-bond acceptors (Lipinski definition) is 4. The Kier molecular flexibility index (Phi) is 7.33. The number of carbonyl (C=O) groups is 1. The Morgan fingerprint density at radius 1 is 0.933 bits per heavy atom. The van der Waals surface area contributed by atoms with E-state index >= 15 is 0 Å². The third-order valence-corrected chi connectivity index (χ3v) is 4.61. The largest absolute Gasteiger partial charge is 0.493 e. The van der Waals surface area contributed by atoms with Crippen molar-refractivity contribution >= 4 is 11.6 Å². The average Bonchev–Trinajstić information content (AvgIpc) is 2.77. The van der Waals surface area contributed by atoms with Crippen LogP contribution in [0.25, 0.3) is 0 Å². The van der Waals surface area contributed by atoms with E-state index in [1.807, 2.05) is 55.5 Å². The summed E-state index contributed by atoms with van der Waals surface area (Å²) in [5.74, 6) is 2.47. The molecule has 30 heavy (non-hydrogen) atoms. The quantitative estimate of drug-likeness (QED) is 0.429. The number of rotatable bonds is 9. The summed E-state index contributed by atoms with van der Waals surface area (Å²) in [5, 5.41) is 2.89. The van der Waals surface area contributed by atoms with E-state index in [9.17, 15) is 4.79 Å². The van der Waals surface area contributed by atoms with Crippen molar-refractivity contribution in [2.75, 3.05) is 19.0 Å². The van der Waals surface area contributed by atoms with Crippen molar-refractivity contribution in [1.82, 2.24) is 0 Å². The SMILES string of the molecule is CCCCOc1ccc(C(=O)Nc2ccc(Oc3ccccc3C)cc2)cc1OC. The van der Waals surface area contributed by atoms with Crippen LogP contribution in [0, 0.1) is 6.92 Å². The predicted molar refractivity (Wildman–Crippen MR) is 119 cm³/mol. The molecule has 0 fully saturated rings. The maximum atomic E-state index is 12.6. The second-order valence-corrected chi connectivity index (χ2v) is 6.91. The van der Waals surface area contributed by atoms with E-state index in [0.717, 1.165) is 24.2 Å². The van der Waals surface area contributed by atoms with Gasteiger partial charge >= 0.3 is 0 Å². The van der Waals surface area contributed by atoms with Crippen LogP contribution in [0.1, 0.15) is 35.7 Å². The summed E-state index contributed by atoms with van der Waals surface area (Å²) >= 11 is 0. The number of carbonyl (C=O) groups excluding carboxylic acids is 1. The monoisotopic (exact) mass is 405 g/mol. The van der Waals surface area contributed by atoms with Gasteiger partial charge in [-0.1, -0.05) is 31.5 Å². The van der Waals surface area contributed by atoms with E-state index in [4.69, 9.17) is 14.2 Å². The Hall–Kier alpha value is -3.47. The summed E-state index contributed by atoms with van der Waals surface area (Å²) in [6.07, 6.45) is 2.02. The molecule has 156 valence electrons. The van der Waals surface area contributed by atoms with E-state index in [1.165, 1.54) is 0 Å². The van der Waals surface area contributed by atoms with Gasteiger partial charge in [0.15, 0.2) is 11.5 Å². The Bertz CT molecular complexity index is 983. The fourth-order valence-corrected chi connectivity index (χ4v) is 2.86. The first-order valence-corrected chi connectivity index (χ1v) is 10.1. The first-order chi connectivity index (χ1) is 14.6. The summed E-state index contributed by atoms with van der Waals surface area (Å²) in [5.41, 5.74) is 2.24. The number of aryl methyl sites for hydroxylation is 1. The highest BCUT2D eigenvalue weighted by Crippen LogP contribution is 2.29. The summed E-state index contributed by atoms with van der Waals surface area (Å²) in [7, 11) is 1.57. The lowest BCUT2D eigenvalue weighted by atomic mass is 10.1. The number of unbranched alkanes of at least 4 members (excludes halogenated alkanes) is 1. The van der Waals surface area contributed by atoms with Gasteiger partial charge in [0.2, 0.25) is 0 Å². The number of benzene rings is 3. The third-order valence-electron chi connectivity index (χ3n) is 4.61. The second-order valence-electron chi connectivity index (χ2n) is 6.91. The molecule has 0 aromatic heterocycles. The van der Waals surface area contributed by atoms with Crippen molar-refractivity contribution in [3.63, 3.8) is 0 Å². The number of amides is 1. The number of hydrogen-bond donors (Lipinski definition) is 1. The molecule has 3 rings (SSSR count). The summed E-state index contributed by atoms with van der Waals surface area (Å²) in [6.45, 7) is 4.73. The average molecular weight is 405 g/mol. The van der Waals surface area contributed by atoms with Gasteiger partial charge in [-0.05, 0) is 67.4 Å². The third kappa shape index (κ3) is 5.54. The number of nitrogens with one attached hydrogen (secondary N) is 1. The maximum absolute atomic E-state index is 12.6. The van der Waals surface area contributed by atoms with Crippen molar-refractivity contribution in [3.8, 4) is 23.0 Å². The number of anilines is 1. The molecule has 0 aliphatic rings. The fraction of sp³-hybridized carbons (Fsp3) is 0.240. The van der Waals surface area contributed by atoms with Crippen molar-refractivity contribution in [3.05, 3.63) is 77.9 Å². The lowest BCUT2D eigenvalue weighted by molar-refractivity contribution is 0.102. The van der Waals surface area contributed by atoms with Gasteiger partial charge in [-0.3, -0.25) is 4.79 Å². The molecule has 3 aromatic carbocycles. The molecule has 0 unspecified atom stereocenters. The first-order valence-electron chi connectivity index (χ1n) is 10.1. The predicted octanol–water partition coefficient (Wildman–Crippen LogP) is 6.23. The zero-order valence-corrected chi connectivity index (χ0v) is 17.6. The molecule has 1 amide bonds. The number of methoxy groups -OCH3 is 1. The molecule has 0 spiro atoms. The highest BCUT2D eigenvalue weighted by molar-refractivity contribution is 6.04. The molecule has 1 N–H and O–H groups in total. The van der Waals surface area contributed by atoms with Crippen LogP contribution in [0.15, 0.2) is 66.7 Å². The maximum Gasteiger partial charge on any atom is 0.255 e. The zero-order chi connectivity index (χ0) is 21.3. The molecule has 3 aromatic rings. The van der Waals surface area contributed by atoms with Crippen LogP contribution in [0.2, 0.25) is 0 Å². The highest BCUT2D eigenvalue weighted by Gasteiger charge is 2.12. The Labute approximate surface area is 177 Å². The van der Waals surface area contributed by atoms with Crippen molar-refractivity contribution in [2.24, 2.45) is 0 Å². The van der Waals surface area contributed by atoms with Gasteiger partial charge < -0.3 is 19.5 Å². The molecule has 5 heteroatoms. The molecule has 0 saturated heterocycles. The number of ether oxygens (including phenoxy) is 3. The molecule has 0 aliphatic heterocycles. The lowest BCUT2D eigenvalue weighted by Crippen LogP contribution is -2.12. The molecule has 0 aliphatic carbocycles. The molecule has 0 bridgehead atoms. The summed E-state index contributed by atoms with van der Waals surface area (Å²) < 4.78 is 17.0. The first kappa shape index (κ1) is 21.2. The van der Waals surface area contributed by atoms with Crippen LogP contribution in [0.3, 0.4) is 0 Å². The van der Waals surface area contributed by atoms with Gasteiger partial charge in [0.1, 0.15) is 11.5 Å².